The van der Waals surface area contributed by atoms with E-state index in [4.69, 9.17) is 13.8 Å². The molecule has 5 atom stereocenters. The molecule has 2 saturated heterocycles. The molecule has 0 radical (unpaired) electrons. The Morgan fingerprint density at radius 1 is 1.24 bits per heavy atom. The number of aliphatic hydroxyl groups is 1. The Morgan fingerprint density at radius 3 is 2.52 bits per heavy atom. The van der Waals surface area contributed by atoms with E-state index in [0.29, 0.717) is 25.6 Å². The summed E-state index contributed by atoms with van der Waals surface area (Å²) in [7, 11) is -3.12. The third kappa shape index (κ3) is 6.60. The molecule has 2 heterocycles. The molecule has 0 saturated carbocycles. The van der Waals surface area contributed by atoms with Crippen LogP contribution in [-0.2, 0) is 13.8 Å². The van der Waals surface area contributed by atoms with Gasteiger partial charge >= 0.3 is 0 Å². The van der Waals surface area contributed by atoms with Crippen molar-refractivity contribution in [2.75, 3.05) is 26.3 Å². The van der Waals surface area contributed by atoms with Crippen molar-refractivity contribution in [1.29, 1.82) is 0 Å². The van der Waals surface area contributed by atoms with Gasteiger partial charge in [0.2, 0.25) is 7.57 Å². The van der Waals surface area contributed by atoms with Crippen molar-refractivity contribution >= 4 is 13.9 Å². The average molecular weight is 378 g/mol. The highest BCUT2D eigenvalue weighted by molar-refractivity contribution is 7.58. The molecular formula is C17H35N2O5P. The van der Waals surface area contributed by atoms with Crippen LogP contribution in [0.15, 0.2) is 0 Å². The minimum Gasteiger partial charge on any atom is -0.395 e. The van der Waals surface area contributed by atoms with Crippen molar-refractivity contribution in [1.82, 2.24) is 10.2 Å². The summed E-state index contributed by atoms with van der Waals surface area (Å²) in [5.41, 5.74) is 0. The largest absolute Gasteiger partial charge is 0.395 e. The number of likely N-dealkylation sites (tertiary alicyclic amines) is 1. The lowest BCUT2D eigenvalue weighted by atomic mass is 10.2. The van der Waals surface area contributed by atoms with Gasteiger partial charge in [0.25, 0.3) is 0 Å². The zero-order valence-electron chi connectivity index (χ0n) is 15.9. The molecule has 0 spiro atoms. The monoisotopic (exact) mass is 378 g/mol. The van der Waals surface area contributed by atoms with Gasteiger partial charge in [0.05, 0.1) is 31.5 Å². The molecule has 0 aromatic carbocycles. The highest BCUT2D eigenvalue weighted by Gasteiger charge is 2.36. The fourth-order valence-corrected chi connectivity index (χ4v) is 4.75. The van der Waals surface area contributed by atoms with Crippen LogP contribution < -0.4 is 5.32 Å². The highest BCUT2D eigenvalue weighted by Crippen LogP contribution is 2.46. The lowest BCUT2D eigenvalue weighted by Gasteiger charge is -2.26. The number of hydrogen-bond acceptors (Lipinski definition) is 7. The number of rotatable bonds is 9. The molecule has 0 bridgehead atoms. The van der Waals surface area contributed by atoms with Crippen LogP contribution in [0.1, 0.15) is 40.5 Å². The molecule has 0 aliphatic carbocycles. The number of aliphatic hydroxyl groups excluding tert-OH is 1. The summed E-state index contributed by atoms with van der Waals surface area (Å²) in [4.78, 5) is 12.6. The lowest BCUT2D eigenvalue weighted by Crippen LogP contribution is -2.37. The van der Waals surface area contributed by atoms with Crippen LogP contribution in [0.2, 0.25) is 0 Å². The predicted molar refractivity (Wildman–Crippen MR) is 101 cm³/mol. The van der Waals surface area contributed by atoms with Crippen molar-refractivity contribution in [3.05, 3.63) is 0 Å². The fourth-order valence-electron chi connectivity index (χ4n) is 3.65. The summed E-state index contributed by atoms with van der Waals surface area (Å²) in [5, 5.41) is 12.9. The maximum absolute atomic E-state index is 10.4. The first-order valence-corrected chi connectivity index (χ1v) is 11.0. The predicted octanol–water partition coefficient (Wildman–Crippen LogP) is 1.21. The number of hydrogen-bond donors (Lipinski definition) is 3. The maximum Gasteiger partial charge on any atom is 0.248 e. The minimum absolute atomic E-state index is 0.0652. The van der Waals surface area contributed by atoms with E-state index in [-0.39, 0.29) is 37.0 Å². The van der Waals surface area contributed by atoms with Gasteiger partial charge in [0.1, 0.15) is 0 Å². The normalized spacial score (nSPS) is 33.4. The summed E-state index contributed by atoms with van der Waals surface area (Å²) < 4.78 is 17.2. The Balaban J connectivity index is 1.76. The van der Waals surface area contributed by atoms with Crippen molar-refractivity contribution in [3.8, 4) is 0 Å². The number of nitrogens with one attached hydrogen (secondary N) is 1. The summed E-state index contributed by atoms with van der Waals surface area (Å²) in [6.45, 7) is 10.2. The van der Waals surface area contributed by atoms with Gasteiger partial charge in [-0.25, -0.2) is 0 Å². The van der Waals surface area contributed by atoms with Crippen molar-refractivity contribution in [2.24, 2.45) is 0 Å². The summed E-state index contributed by atoms with van der Waals surface area (Å²) in [6.07, 6.45) is 5.53. The van der Waals surface area contributed by atoms with E-state index in [9.17, 15) is 10.00 Å². The van der Waals surface area contributed by atoms with Gasteiger partial charge in [-0.1, -0.05) is 0 Å². The van der Waals surface area contributed by atoms with E-state index in [1.54, 1.807) is 0 Å². The summed E-state index contributed by atoms with van der Waals surface area (Å²) in [6, 6.07) is 0.528. The third-order valence-electron chi connectivity index (χ3n) is 4.73. The van der Waals surface area contributed by atoms with Crippen LogP contribution in [0.4, 0.5) is 0 Å². The van der Waals surface area contributed by atoms with E-state index in [0.717, 1.165) is 13.0 Å². The molecule has 148 valence electrons. The van der Waals surface area contributed by atoms with Crippen molar-refractivity contribution in [3.63, 3.8) is 0 Å². The lowest BCUT2D eigenvalue weighted by molar-refractivity contribution is 0.0176. The van der Waals surface area contributed by atoms with Gasteiger partial charge in [0, 0.05) is 31.2 Å². The van der Waals surface area contributed by atoms with Crippen LogP contribution in [0.3, 0.4) is 0 Å². The van der Waals surface area contributed by atoms with Gasteiger partial charge in [0.15, 0.2) is 0 Å². The van der Waals surface area contributed by atoms with E-state index in [1.807, 2.05) is 13.8 Å². The van der Waals surface area contributed by atoms with Crippen LogP contribution in [0.5, 0.6) is 0 Å². The van der Waals surface area contributed by atoms with E-state index < -0.39 is 7.57 Å². The molecule has 25 heavy (non-hydrogen) atoms. The van der Waals surface area contributed by atoms with Gasteiger partial charge < -0.3 is 29.1 Å². The molecule has 2 fully saturated rings. The Kier molecular flexibility index (Phi) is 7.92. The van der Waals surface area contributed by atoms with Gasteiger partial charge in [-0.3, -0.25) is 4.90 Å². The SMILES string of the molecule is C=P(O)(OCC1CC(OC(C)C)CN1)OC1CC(CO)N(C(C)C)C1. The Labute approximate surface area is 151 Å². The van der Waals surface area contributed by atoms with Crippen LogP contribution >= 0.6 is 7.57 Å². The topological polar surface area (TPSA) is 83.4 Å². The summed E-state index contributed by atoms with van der Waals surface area (Å²) >= 11 is 0. The molecule has 2 aliphatic heterocycles. The molecule has 0 aromatic rings. The smallest absolute Gasteiger partial charge is 0.248 e. The second-order valence-corrected chi connectivity index (χ2v) is 9.41. The minimum atomic E-state index is -3.12. The first kappa shape index (κ1) is 21.3. The first-order chi connectivity index (χ1) is 11.7. The second-order valence-electron chi connectivity index (χ2n) is 7.67. The Morgan fingerprint density at radius 2 is 1.96 bits per heavy atom. The second kappa shape index (κ2) is 9.29. The van der Waals surface area contributed by atoms with Gasteiger partial charge in [-0.05, 0) is 46.8 Å². The van der Waals surface area contributed by atoms with Crippen molar-refractivity contribution in [2.45, 2.75) is 77.0 Å². The zero-order valence-corrected chi connectivity index (χ0v) is 16.8. The molecular weight excluding hydrogens is 343 g/mol. The van der Waals surface area contributed by atoms with Gasteiger partial charge in [-0.15, -0.1) is 0 Å². The van der Waals surface area contributed by atoms with E-state index in [1.165, 1.54) is 0 Å². The molecule has 8 heteroatoms. The summed E-state index contributed by atoms with van der Waals surface area (Å²) in [5.74, 6) is 0. The van der Waals surface area contributed by atoms with E-state index >= 15 is 0 Å². The average Bonchev–Trinajstić information content (AvgIpc) is 3.11. The molecule has 3 N–H and O–H groups in total. The first-order valence-electron chi connectivity index (χ1n) is 9.24. The zero-order chi connectivity index (χ0) is 18.6. The standard InChI is InChI=1S/C17H35N2O5P/c1-12(2)19-9-17(7-15(19)10-20)24-25(5,21)22-11-14-6-16(8-18-14)23-13(3)4/h12-18,20-21H,5-11H2,1-4H3. The molecule has 2 rings (SSSR count). The van der Waals surface area contributed by atoms with E-state index in [2.05, 4.69) is 30.4 Å². The van der Waals surface area contributed by atoms with Crippen molar-refractivity contribution < 1.29 is 23.8 Å². The van der Waals surface area contributed by atoms with Crippen LogP contribution in [0.25, 0.3) is 0 Å². The molecule has 0 aromatic heterocycles. The molecule has 2 aliphatic rings. The number of ether oxygens (including phenoxy) is 1. The molecule has 5 unspecified atom stereocenters. The number of nitrogens with zero attached hydrogens (tertiary/aromatic N) is 1. The third-order valence-corrected chi connectivity index (χ3v) is 5.91. The quantitative estimate of drug-likeness (QED) is 0.520. The Bertz CT molecular complexity index is 462. The molecule has 0 amide bonds. The highest BCUT2D eigenvalue weighted by atomic mass is 31.2. The maximum atomic E-state index is 10.4. The van der Waals surface area contributed by atoms with Crippen LogP contribution in [-0.4, -0.2) is 83.9 Å². The van der Waals surface area contributed by atoms with Crippen LogP contribution in [0, 0.1) is 0 Å². The molecule has 7 nitrogen and oxygen atoms in total. The van der Waals surface area contributed by atoms with Gasteiger partial charge in [-0.2, -0.15) is 0 Å². The Hall–Kier alpha value is 0.0200. The fraction of sp³-hybridized carbons (Fsp3) is 0.941.